The molecule has 1 saturated heterocycles. The van der Waals surface area contributed by atoms with Crippen LogP contribution in [0.15, 0.2) is 51.6 Å². The molecule has 1 aromatic heterocycles. The van der Waals surface area contributed by atoms with Gasteiger partial charge >= 0.3 is 0 Å². The van der Waals surface area contributed by atoms with Crippen LogP contribution in [0, 0.1) is 0 Å². The maximum absolute atomic E-state index is 6.02. The maximum atomic E-state index is 6.02. The van der Waals surface area contributed by atoms with Crippen molar-refractivity contribution >= 4 is 15.9 Å². The highest BCUT2D eigenvalue weighted by Gasteiger charge is 2.21. The number of benzene rings is 1. The van der Waals surface area contributed by atoms with Gasteiger partial charge in [-0.25, -0.2) is 0 Å². The zero-order valence-electron chi connectivity index (χ0n) is 11.3. The molecule has 20 heavy (non-hydrogen) atoms. The molecule has 0 spiro atoms. The number of piperidine rings is 1. The Morgan fingerprint density at radius 1 is 1.15 bits per heavy atom. The van der Waals surface area contributed by atoms with Crippen molar-refractivity contribution in [2.24, 2.45) is 0 Å². The van der Waals surface area contributed by atoms with Gasteiger partial charge in [-0.1, -0.05) is 15.9 Å². The lowest BCUT2D eigenvalue weighted by molar-refractivity contribution is 0.0929. The third-order valence-electron chi connectivity index (χ3n) is 3.61. The van der Waals surface area contributed by atoms with Crippen LogP contribution in [0.3, 0.4) is 0 Å². The molecule has 0 radical (unpaired) electrons. The molecule has 0 N–H and O–H groups in total. The molecule has 0 unspecified atom stereocenters. The first-order chi connectivity index (χ1) is 9.79. The van der Waals surface area contributed by atoms with Crippen LogP contribution in [0.25, 0.3) is 0 Å². The second kappa shape index (κ2) is 6.46. The second-order valence-corrected chi connectivity index (χ2v) is 6.04. The largest absolute Gasteiger partial charge is 0.490 e. The zero-order chi connectivity index (χ0) is 13.8. The Morgan fingerprint density at radius 2 is 1.90 bits per heavy atom. The minimum Gasteiger partial charge on any atom is -0.490 e. The van der Waals surface area contributed by atoms with Gasteiger partial charge in [-0.2, -0.15) is 0 Å². The van der Waals surface area contributed by atoms with Crippen molar-refractivity contribution < 1.29 is 9.15 Å². The maximum Gasteiger partial charge on any atom is 0.119 e. The van der Waals surface area contributed by atoms with Crippen LogP contribution in [0.1, 0.15) is 18.6 Å². The van der Waals surface area contributed by atoms with Crippen molar-refractivity contribution in [3.8, 4) is 5.75 Å². The second-order valence-electron chi connectivity index (χ2n) is 5.13. The summed E-state index contributed by atoms with van der Waals surface area (Å²) in [5, 5.41) is 0. The fourth-order valence-corrected chi connectivity index (χ4v) is 2.78. The van der Waals surface area contributed by atoms with Gasteiger partial charge in [0.15, 0.2) is 0 Å². The summed E-state index contributed by atoms with van der Waals surface area (Å²) in [5.74, 6) is 2.00. The van der Waals surface area contributed by atoms with E-state index < -0.39 is 0 Å². The van der Waals surface area contributed by atoms with Gasteiger partial charge < -0.3 is 9.15 Å². The smallest absolute Gasteiger partial charge is 0.119 e. The molecule has 2 aromatic rings. The number of furan rings is 1. The molecule has 0 amide bonds. The summed E-state index contributed by atoms with van der Waals surface area (Å²) >= 11 is 3.44. The van der Waals surface area contributed by atoms with Crippen LogP contribution in [0.5, 0.6) is 5.75 Å². The van der Waals surface area contributed by atoms with Crippen LogP contribution < -0.4 is 4.74 Å². The van der Waals surface area contributed by atoms with Crippen molar-refractivity contribution in [3.05, 3.63) is 52.9 Å². The molecule has 0 bridgehead atoms. The van der Waals surface area contributed by atoms with Crippen molar-refractivity contribution in [1.29, 1.82) is 0 Å². The minimum absolute atomic E-state index is 0.323. The number of nitrogens with zero attached hydrogens (tertiary/aromatic N) is 1. The van der Waals surface area contributed by atoms with Crippen molar-refractivity contribution in [3.63, 3.8) is 0 Å². The molecule has 3 rings (SSSR count). The van der Waals surface area contributed by atoms with Crippen molar-refractivity contribution in [2.45, 2.75) is 25.5 Å². The van der Waals surface area contributed by atoms with Crippen LogP contribution in [0.2, 0.25) is 0 Å². The number of hydrogen-bond acceptors (Lipinski definition) is 3. The average molecular weight is 336 g/mol. The normalized spacial score (nSPS) is 17.2. The number of halogens is 1. The van der Waals surface area contributed by atoms with Gasteiger partial charge in [0.05, 0.1) is 12.8 Å². The van der Waals surface area contributed by atoms with Crippen molar-refractivity contribution in [1.82, 2.24) is 4.90 Å². The topological polar surface area (TPSA) is 25.6 Å². The Labute approximate surface area is 127 Å². The number of ether oxygens (including phenoxy) is 1. The molecule has 3 nitrogen and oxygen atoms in total. The van der Waals surface area contributed by atoms with E-state index in [1.807, 2.05) is 36.4 Å². The molecule has 0 aliphatic carbocycles. The summed E-state index contributed by atoms with van der Waals surface area (Å²) < 4.78 is 12.5. The minimum atomic E-state index is 0.323. The van der Waals surface area contributed by atoms with Crippen LogP contribution >= 0.6 is 15.9 Å². The molecule has 4 heteroatoms. The molecular formula is C16H18BrNO2. The van der Waals surface area contributed by atoms with E-state index >= 15 is 0 Å². The summed E-state index contributed by atoms with van der Waals surface area (Å²) in [7, 11) is 0. The Bertz CT molecular complexity index is 516. The van der Waals surface area contributed by atoms with Crippen molar-refractivity contribution in [2.75, 3.05) is 13.1 Å². The highest BCUT2D eigenvalue weighted by atomic mass is 79.9. The highest BCUT2D eigenvalue weighted by Crippen LogP contribution is 2.22. The third-order valence-corrected chi connectivity index (χ3v) is 4.14. The van der Waals surface area contributed by atoms with Crippen LogP contribution in [-0.4, -0.2) is 24.1 Å². The molecule has 1 fully saturated rings. The molecule has 2 heterocycles. The van der Waals surface area contributed by atoms with Gasteiger partial charge in [0.2, 0.25) is 0 Å². The molecule has 1 aliphatic rings. The first-order valence-corrected chi connectivity index (χ1v) is 7.76. The Morgan fingerprint density at radius 3 is 2.55 bits per heavy atom. The predicted octanol–water partition coefficient (Wildman–Crippen LogP) is 4.09. The summed E-state index contributed by atoms with van der Waals surface area (Å²) in [6, 6.07) is 12.0. The molecule has 1 aromatic carbocycles. The Balaban J connectivity index is 1.47. The standard InChI is InChI=1S/C16H18BrNO2/c17-13-3-5-14(6-4-13)20-15-7-9-18(10-8-15)12-16-2-1-11-19-16/h1-6,11,15H,7-10,12H2. The van der Waals surface area contributed by atoms with E-state index in [0.29, 0.717) is 6.10 Å². The number of hydrogen-bond donors (Lipinski definition) is 0. The Hall–Kier alpha value is -1.26. The van der Waals surface area contributed by atoms with Gasteiger partial charge in [-0.3, -0.25) is 4.90 Å². The van der Waals surface area contributed by atoms with E-state index in [4.69, 9.17) is 9.15 Å². The third kappa shape index (κ3) is 3.64. The summed E-state index contributed by atoms with van der Waals surface area (Å²) in [6.45, 7) is 3.02. The van der Waals surface area contributed by atoms with E-state index in [-0.39, 0.29) is 0 Å². The number of rotatable bonds is 4. The quantitative estimate of drug-likeness (QED) is 0.841. The fraction of sp³-hybridized carbons (Fsp3) is 0.375. The van der Waals surface area contributed by atoms with Crippen LogP contribution in [-0.2, 0) is 6.54 Å². The first kappa shape index (κ1) is 13.7. The highest BCUT2D eigenvalue weighted by molar-refractivity contribution is 9.10. The lowest BCUT2D eigenvalue weighted by Crippen LogP contribution is -2.37. The van der Waals surface area contributed by atoms with Gasteiger partial charge in [0, 0.05) is 17.6 Å². The van der Waals surface area contributed by atoms with E-state index in [9.17, 15) is 0 Å². The van der Waals surface area contributed by atoms with Gasteiger partial charge in [0.25, 0.3) is 0 Å². The summed E-state index contributed by atoms with van der Waals surface area (Å²) in [6.07, 6.45) is 4.19. The zero-order valence-corrected chi connectivity index (χ0v) is 12.9. The lowest BCUT2D eigenvalue weighted by atomic mass is 10.1. The first-order valence-electron chi connectivity index (χ1n) is 6.96. The van der Waals surface area contributed by atoms with E-state index in [1.165, 1.54) is 0 Å². The van der Waals surface area contributed by atoms with E-state index in [1.54, 1.807) is 6.26 Å². The molecule has 0 saturated carbocycles. The Kier molecular flexibility index (Phi) is 4.43. The summed E-state index contributed by atoms with van der Waals surface area (Å²) in [5.41, 5.74) is 0. The molecule has 106 valence electrons. The SMILES string of the molecule is Brc1ccc(OC2CCN(Cc3ccco3)CC2)cc1. The van der Waals surface area contributed by atoms with E-state index in [0.717, 1.165) is 48.5 Å². The summed E-state index contributed by atoms with van der Waals surface area (Å²) in [4.78, 5) is 2.42. The molecule has 0 atom stereocenters. The molecule has 1 aliphatic heterocycles. The lowest BCUT2D eigenvalue weighted by Gasteiger charge is -2.31. The van der Waals surface area contributed by atoms with E-state index in [2.05, 4.69) is 20.8 Å². The average Bonchev–Trinajstić information content (AvgIpc) is 2.96. The van der Waals surface area contributed by atoms with Crippen LogP contribution in [0.4, 0.5) is 0 Å². The predicted molar refractivity (Wildman–Crippen MR) is 81.8 cm³/mol. The molecular weight excluding hydrogens is 318 g/mol. The fourth-order valence-electron chi connectivity index (χ4n) is 2.51. The van der Waals surface area contributed by atoms with Gasteiger partial charge in [-0.15, -0.1) is 0 Å². The van der Waals surface area contributed by atoms with Gasteiger partial charge in [-0.05, 0) is 49.2 Å². The monoisotopic (exact) mass is 335 g/mol. The van der Waals surface area contributed by atoms with Gasteiger partial charge in [0.1, 0.15) is 17.6 Å². The number of likely N-dealkylation sites (tertiary alicyclic amines) is 1.